The third-order valence-electron chi connectivity index (χ3n) is 1.65. The van der Waals surface area contributed by atoms with Crippen molar-refractivity contribution in [3.63, 3.8) is 0 Å². The Balaban J connectivity index is 2.12. The van der Waals surface area contributed by atoms with E-state index in [1.807, 2.05) is 0 Å². The van der Waals surface area contributed by atoms with Crippen molar-refractivity contribution < 1.29 is 14.2 Å². The van der Waals surface area contributed by atoms with E-state index in [1.165, 1.54) is 0 Å². The second-order valence-corrected chi connectivity index (χ2v) is 3.61. The lowest BCUT2D eigenvalue weighted by molar-refractivity contribution is 0.0543. The Bertz CT molecular complexity index is 283. The van der Waals surface area contributed by atoms with Gasteiger partial charge in [-0.2, -0.15) is 0 Å². The summed E-state index contributed by atoms with van der Waals surface area (Å²) in [7, 11) is 1.65. The third kappa shape index (κ3) is 5.11. The van der Waals surface area contributed by atoms with Gasteiger partial charge < -0.3 is 14.2 Å². The van der Waals surface area contributed by atoms with Gasteiger partial charge in [0, 0.05) is 19.5 Å². The number of ether oxygens (including phenoxy) is 3. The van der Waals surface area contributed by atoms with Gasteiger partial charge in [0.2, 0.25) is 0 Å². The molecule has 0 aliphatic heterocycles. The van der Waals surface area contributed by atoms with E-state index in [2.05, 4.69) is 20.9 Å². The molecule has 1 aromatic heterocycles. The van der Waals surface area contributed by atoms with Gasteiger partial charge in [0.15, 0.2) is 0 Å². The van der Waals surface area contributed by atoms with Crippen molar-refractivity contribution in [2.45, 2.75) is 0 Å². The van der Waals surface area contributed by atoms with Gasteiger partial charge in [0.25, 0.3) is 0 Å². The van der Waals surface area contributed by atoms with Crippen LogP contribution in [-0.4, -0.2) is 38.5 Å². The molecule has 0 aliphatic rings. The Hall–Kier alpha value is -0.650. The average molecular weight is 276 g/mol. The summed E-state index contributed by atoms with van der Waals surface area (Å²) in [5.41, 5.74) is 0. The van der Waals surface area contributed by atoms with Gasteiger partial charge in [-0.15, -0.1) is 0 Å². The van der Waals surface area contributed by atoms with Crippen molar-refractivity contribution in [2.24, 2.45) is 0 Å². The number of hydrogen-bond donors (Lipinski definition) is 0. The highest BCUT2D eigenvalue weighted by Crippen LogP contribution is 2.22. The Kier molecular flexibility index (Phi) is 6.31. The van der Waals surface area contributed by atoms with Crippen LogP contribution in [0.2, 0.25) is 0 Å². The van der Waals surface area contributed by atoms with Gasteiger partial charge in [-0.05, 0) is 22.0 Å². The first-order valence-electron chi connectivity index (χ1n) is 4.63. The molecule has 1 rings (SSSR count). The summed E-state index contributed by atoms with van der Waals surface area (Å²) in [6.45, 7) is 2.28. The van der Waals surface area contributed by atoms with E-state index in [9.17, 15) is 0 Å². The van der Waals surface area contributed by atoms with Crippen molar-refractivity contribution in [2.75, 3.05) is 33.5 Å². The molecule has 84 valence electrons. The summed E-state index contributed by atoms with van der Waals surface area (Å²) in [4.78, 5) is 3.94. The summed E-state index contributed by atoms with van der Waals surface area (Å²) in [6, 6.07) is 1.80. The van der Waals surface area contributed by atoms with E-state index < -0.39 is 0 Å². The van der Waals surface area contributed by atoms with Crippen LogP contribution >= 0.6 is 15.9 Å². The topological polar surface area (TPSA) is 40.6 Å². The number of pyridine rings is 1. The third-order valence-corrected chi connectivity index (χ3v) is 2.25. The fourth-order valence-electron chi connectivity index (χ4n) is 0.934. The molecule has 0 amide bonds. The van der Waals surface area contributed by atoms with Gasteiger partial charge in [-0.3, -0.25) is 4.98 Å². The highest BCUT2D eigenvalue weighted by molar-refractivity contribution is 9.10. The largest absolute Gasteiger partial charge is 0.490 e. The Morgan fingerprint density at radius 3 is 2.80 bits per heavy atom. The average Bonchev–Trinajstić information content (AvgIpc) is 2.25. The monoisotopic (exact) mass is 275 g/mol. The first-order valence-corrected chi connectivity index (χ1v) is 5.43. The molecule has 1 heterocycles. The second kappa shape index (κ2) is 7.62. The molecule has 0 N–H and O–H groups in total. The van der Waals surface area contributed by atoms with Crippen molar-refractivity contribution in [3.05, 3.63) is 22.9 Å². The Morgan fingerprint density at radius 1 is 1.27 bits per heavy atom. The summed E-state index contributed by atoms with van der Waals surface area (Å²) in [5, 5.41) is 0. The molecule has 0 radical (unpaired) electrons. The fourth-order valence-corrected chi connectivity index (χ4v) is 1.30. The number of aromatic nitrogens is 1. The zero-order valence-electron chi connectivity index (χ0n) is 8.61. The normalized spacial score (nSPS) is 10.3. The summed E-state index contributed by atoms with van der Waals surface area (Å²) < 4.78 is 16.4. The standard InChI is InChI=1S/C10H14BrNO3/c1-13-4-5-14-6-7-15-10-2-3-12-8-9(10)11/h2-3,8H,4-7H2,1H3. The van der Waals surface area contributed by atoms with Crippen LogP contribution < -0.4 is 4.74 Å². The highest BCUT2D eigenvalue weighted by atomic mass is 79.9. The predicted octanol–water partition coefficient (Wildman–Crippen LogP) is 1.89. The SMILES string of the molecule is COCCOCCOc1ccncc1Br. The molecule has 0 aliphatic carbocycles. The number of methoxy groups -OCH3 is 1. The molecule has 5 heteroatoms. The van der Waals surface area contributed by atoms with Crippen LogP contribution in [0.3, 0.4) is 0 Å². The number of nitrogens with zero attached hydrogens (tertiary/aromatic N) is 1. The predicted molar refractivity (Wildman–Crippen MR) is 60.1 cm³/mol. The fraction of sp³-hybridized carbons (Fsp3) is 0.500. The van der Waals surface area contributed by atoms with E-state index in [1.54, 1.807) is 25.6 Å². The minimum Gasteiger partial charge on any atom is -0.490 e. The molecule has 0 aromatic carbocycles. The van der Waals surface area contributed by atoms with Crippen LogP contribution in [0.15, 0.2) is 22.9 Å². The van der Waals surface area contributed by atoms with Crippen molar-refractivity contribution >= 4 is 15.9 Å². The molecule has 0 saturated carbocycles. The summed E-state index contributed by atoms with van der Waals surface area (Å²) >= 11 is 3.34. The van der Waals surface area contributed by atoms with Crippen molar-refractivity contribution in [3.8, 4) is 5.75 Å². The maximum Gasteiger partial charge on any atom is 0.136 e. The van der Waals surface area contributed by atoms with Crippen molar-refractivity contribution in [1.82, 2.24) is 4.98 Å². The Morgan fingerprint density at radius 2 is 2.07 bits per heavy atom. The van der Waals surface area contributed by atoms with E-state index in [0.717, 1.165) is 10.2 Å². The molecular weight excluding hydrogens is 262 g/mol. The summed E-state index contributed by atoms with van der Waals surface area (Å²) in [6.07, 6.45) is 3.38. The second-order valence-electron chi connectivity index (χ2n) is 2.76. The first-order chi connectivity index (χ1) is 7.34. The lowest BCUT2D eigenvalue weighted by atomic mass is 10.4. The van der Waals surface area contributed by atoms with Gasteiger partial charge in [0.05, 0.1) is 24.3 Å². The van der Waals surface area contributed by atoms with E-state index in [0.29, 0.717) is 26.4 Å². The van der Waals surface area contributed by atoms with Crippen LogP contribution in [0, 0.1) is 0 Å². The van der Waals surface area contributed by atoms with E-state index in [4.69, 9.17) is 14.2 Å². The van der Waals surface area contributed by atoms with Crippen LogP contribution in [-0.2, 0) is 9.47 Å². The van der Waals surface area contributed by atoms with Crippen LogP contribution in [0.1, 0.15) is 0 Å². The molecule has 1 aromatic rings. The first kappa shape index (κ1) is 12.4. The molecule has 15 heavy (non-hydrogen) atoms. The quantitative estimate of drug-likeness (QED) is 0.713. The lowest BCUT2D eigenvalue weighted by Crippen LogP contribution is -2.10. The zero-order chi connectivity index (χ0) is 10.9. The Labute approximate surface area is 97.7 Å². The van der Waals surface area contributed by atoms with Crippen LogP contribution in [0.25, 0.3) is 0 Å². The smallest absolute Gasteiger partial charge is 0.136 e. The van der Waals surface area contributed by atoms with E-state index in [-0.39, 0.29) is 0 Å². The minimum atomic E-state index is 0.520. The van der Waals surface area contributed by atoms with Gasteiger partial charge in [-0.25, -0.2) is 0 Å². The highest BCUT2D eigenvalue weighted by Gasteiger charge is 1.98. The lowest BCUT2D eigenvalue weighted by Gasteiger charge is -2.07. The number of rotatable bonds is 7. The van der Waals surface area contributed by atoms with Crippen LogP contribution in [0.5, 0.6) is 5.75 Å². The molecular formula is C10H14BrNO3. The number of halogens is 1. The maximum atomic E-state index is 5.46. The molecule has 0 unspecified atom stereocenters. The summed E-state index contributed by atoms with van der Waals surface area (Å²) in [5.74, 6) is 0.778. The molecule has 0 bridgehead atoms. The minimum absolute atomic E-state index is 0.520. The van der Waals surface area contributed by atoms with Crippen molar-refractivity contribution in [1.29, 1.82) is 0 Å². The van der Waals surface area contributed by atoms with Gasteiger partial charge in [-0.1, -0.05) is 0 Å². The zero-order valence-corrected chi connectivity index (χ0v) is 10.2. The molecule has 0 atom stereocenters. The molecule has 0 fully saturated rings. The molecule has 4 nitrogen and oxygen atoms in total. The molecule has 0 spiro atoms. The van der Waals surface area contributed by atoms with Crippen LogP contribution in [0.4, 0.5) is 0 Å². The molecule has 0 saturated heterocycles. The van der Waals surface area contributed by atoms with E-state index >= 15 is 0 Å². The van der Waals surface area contributed by atoms with Gasteiger partial charge >= 0.3 is 0 Å². The maximum absolute atomic E-state index is 5.46. The van der Waals surface area contributed by atoms with Gasteiger partial charge in [0.1, 0.15) is 12.4 Å². The number of hydrogen-bond acceptors (Lipinski definition) is 4.